The first kappa shape index (κ1) is 16.4. The molecular formula is C17H25N3O3. The number of nitrogens with zero attached hydrogens (tertiary/aromatic N) is 3. The van der Waals surface area contributed by atoms with Gasteiger partial charge in [-0.25, -0.2) is 0 Å². The summed E-state index contributed by atoms with van der Waals surface area (Å²) in [6, 6.07) is 3.93. The molecule has 2 aliphatic rings. The third-order valence-electron chi connectivity index (χ3n) is 4.78. The molecule has 3 rings (SSSR count). The molecule has 6 nitrogen and oxygen atoms in total. The molecule has 0 N–H and O–H groups in total. The van der Waals surface area contributed by atoms with Gasteiger partial charge in [0.1, 0.15) is 11.7 Å². The second-order valence-corrected chi connectivity index (χ2v) is 6.55. The molecule has 23 heavy (non-hydrogen) atoms. The molecule has 1 spiro atoms. The number of carbonyl (C=O) groups excluding carboxylic acids is 1. The third-order valence-corrected chi connectivity index (χ3v) is 4.78. The summed E-state index contributed by atoms with van der Waals surface area (Å²) >= 11 is 0. The van der Waals surface area contributed by atoms with Crippen LogP contribution in [0.1, 0.15) is 18.4 Å². The summed E-state index contributed by atoms with van der Waals surface area (Å²) in [5, 5.41) is 0. The quantitative estimate of drug-likeness (QED) is 0.808. The summed E-state index contributed by atoms with van der Waals surface area (Å²) < 4.78 is 11.5. The molecule has 2 fully saturated rings. The van der Waals surface area contributed by atoms with Gasteiger partial charge in [-0.05, 0) is 31.5 Å². The van der Waals surface area contributed by atoms with Crippen LogP contribution < -0.4 is 0 Å². The molecule has 126 valence electrons. The van der Waals surface area contributed by atoms with E-state index in [0.29, 0.717) is 26.2 Å². The van der Waals surface area contributed by atoms with Gasteiger partial charge in [0.05, 0.1) is 13.1 Å². The van der Waals surface area contributed by atoms with Crippen LogP contribution in [0.3, 0.4) is 0 Å². The minimum Gasteiger partial charge on any atom is -0.377 e. The van der Waals surface area contributed by atoms with Gasteiger partial charge in [-0.3, -0.25) is 14.7 Å². The Kier molecular flexibility index (Phi) is 4.94. The summed E-state index contributed by atoms with van der Waals surface area (Å²) in [4.78, 5) is 20.6. The lowest BCUT2D eigenvalue weighted by Crippen LogP contribution is -2.42. The van der Waals surface area contributed by atoms with Gasteiger partial charge in [0.15, 0.2) is 0 Å². The van der Waals surface area contributed by atoms with E-state index in [9.17, 15) is 4.79 Å². The highest BCUT2D eigenvalue weighted by Crippen LogP contribution is 2.36. The van der Waals surface area contributed by atoms with Crippen LogP contribution in [0.5, 0.6) is 0 Å². The summed E-state index contributed by atoms with van der Waals surface area (Å²) in [6.45, 7) is 3.13. The number of hydrogen-bond acceptors (Lipinski definition) is 5. The number of rotatable bonds is 5. The van der Waals surface area contributed by atoms with Crippen molar-refractivity contribution in [3.8, 4) is 0 Å². The predicted molar refractivity (Wildman–Crippen MR) is 85.9 cm³/mol. The van der Waals surface area contributed by atoms with Gasteiger partial charge in [0, 0.05) is 39.2 Å². The number of likely N-dealkylation sites (N-methyl/N-ethyl adjacent to an activating group) is 1. The Morgan fingerprint density at radius 3 is 3.13 bits per heavy atom. The van der Waals surface area contributed by atoms with Crippen molar-refractivity contribution in [2.45, 2.75) is 31.1 Å². The lowest BCUT2D eigenvalue weighted by molar-refractivity contribution is -0.132. The number of aromatic nitrogens is 1. The normalized spacial score (nSPS) is 27.3. The van der Waals surface area contributed by atoms with Gasteiger partial charge in [0.2, 0.25) is 5.91 Å². The number of methoxy groups -OCH3 is 1. The van der Waals surface area contributed by atoms with Gasteiger partial charge >= 0.3 is 0 Å². The maximum Gasteiger partial charge on any atom is 0.236 e. The highest BCUT2D eigenvalue weighted by atomic mass is 16.6. The van der Waals surface area contributed by atoms with Crippen LogP contribution in [-0.2, 0) is 20.8 Å². The molecule has 0 aromatic carbocycles. The molecule has 0 bridgehead atoms. The van der Waals surface area contributed by atoms with Gasteiger partial charge in [-0.2, -0.15) is 0 Å². The maximum absolute atomic E-state index is 12.6. The van der Waals surface area contributed by atoms with E-state index >= 15 is 0 Å². The second-order valence-electron chi connectivity index (χ2n) is 6.55. The number of likely N-dealkylation sites (tertiary alicyclic amines) is 1. The van der Waals surface area contributed by atoms with E-state index in [1.165, 1.54) is 0 Å². The zero-order chi connectivity index (χ0) is 16.3. The third kappa shape index (κ3) is 3.54. The molecule has 1 amide bonds. The monoisotopic (exact) mass is 319 g/mol. The van der Waals surface area contributed by atoms with Crippen molar-refractivity contribution in [3.05, 3.63) is 30.1 Å². The summed E-state index contributed by atoms with van der Waals surface area (Å²) in [5.74, 6) is 0.130. The molecule has 2 atom stereocenters. The first-order valence-corrected chi connectivity index (χ1v) is 8.15. The molecule has 1 aromatic rings. The Morgan fingerprint density at radius 1 is 1.61 bits per heavy atom. The predicted octanol–water partition coefficient (Wildman–Crippen LogP) is 0.920. The fraction of sp³-hybridized carbons (Fsp3) is 0.647. The van der Waals surface area contributed by atoms with Crippen molar-refractivity contribution in [2.75, 3.05) is 40.4 Å². The fourth-order valence-corrected chi connectivity index (χ4v) is 3.62. The Hall–Kier alpha value is -1.50. The molecule has 3 heterocycles. The Balaban J connectivity index is 1.56. The summed E-state index contributed by atoms with van der Waals surface area (Å²) in [5.41, 5.74) is 0.821. The molecule has 6 heteroatoms. The fourth-order valence-electron chi connectivity index (χ4n) is 3.62. The number of pyridine rings is 1. The molecule has 1 aromatic heterocycles. The average Bonchev–Trinajstić information content (AvgIpc) is 3.16. The SMILES string of the molecule is CO[C@H]1CN(C(=O)CN(C)Cc2cccnc2)C[C@@]12CCCO2. The first-order valence-electron chi connectivity index (χ1n) is 8.15. The lowest BCUT2D eigenvalue weighted by Gasteiger charge is -2.27. The Morgan fingerprint density at radius 2 is 2.48 bits per heavy atom. The molecule has 0 unspecified atom stereocenters. The van der Waals surface area contributed by atoms with Crippen LogP contribution in [0, 0.1) is 0 Å². The zero-order valence-corrected chi connectivity index (χ0v) is 13.9. The van der Waals surface area contributed by atoms with Crippen LogP contribution in [0.4, 0.5) is 0 Å². The van der Waals surface area contributed by atoms with Crippen LogP contribution in [0.25, 0.3) is 0 Å². The van der Waals surface area contributed by atoms with Crippen molar-refractivity contribution in [1.82, 2.24) is 14.8 Å². The van der Waals surface area contributed by atoms with Crippen LogP contribution in [0.2, 0.25) is 0 Å². The van der Waals surface area contributed by atoms with Crippen LogP contribution >= 0.6 is 0 Å². The minimum absolute atomic E-state index is 0.0161. The van der Waals surface area contributed by atoms with Crippen molar-refractivity contribution in [2.24, 2.45) is 0 Å². The summed E-state index contributed by atoms with van der Waals surface area (Å²) in [7, 11) is 3.66. The number of hydrogen-bond donors (Lipinski definition) is 0. The number of amides is 1. The Labute approximate surface area is 137 Å². The average molecular weight is 319 g/mol. The van der Waals surface area contributed by atoms with E-state index in [-0.39, 0.29) is 17.6 Å². The van der Waals surface area contributed by atoms with Crippen LogP contribution in [-0.4, -0.2) is 72.8 Å². The van der Waals surface area contributed by atoms with Crippen LogP contribution in [0.15, 0.2) is 24.5 Å². The summed E-state index contributed by atoms with van der Waals surface area (Å²) in [6.07, 6.45) is 5.59. The molecule has 0 saturated carbocycles. The highest BCUT2D eigenvalue weighted by molar-refractivity contribution is 5.78. The first-order chi connectivity index (χ1) is 11.1. The van der Waals surface area contributed by atoms with Crippen molar-refractivity contribution in [1.29, 1.82) is 0 Å². The van der Waals surface area contributed by atoms with Crippen molar-refractivity contribution >= 4 is 5.91 Å². The van der Waals surface area contributed by atoms with E-state index in [4.69, 9.17) is 9.47 Å². The molecule has 2 aliphatic heterocycles. The van der Waals surface area contributed by atoms with Gasteiger partial charge in [-0.15, -0.1) is 0 Å². The zero-order valence-electron chi connectivity index (χ0n) is 13.9. The second kappa shape index (κ2) is 6.95. The number of carbonyl (C=O) groups is 1. The smallest absolute Gasteiger partial charge is 0.236 e. The van der Waals surface area contributed by atoms with Gasteiger partial charge in [0.25, 0.3) is 0 Å². The Bertz CT molecular complexity index is 531. The molecular weight excluding hydrogens is 294 g/mol. The maximum atomic E-state index is 12.6. The van der Waals surface area contributed by atoms with E-state index in [2.05, 4.69) is 4.98 Å². The molecule has 0 aliphatic carbocycles. The van der Waals surface area contributed by atoms with E-state index in [1.807, 2.05) is 35.2 Å². The van der Waals surface area contributed by atoms with E-state index < -0.39 is 0 Å². The number of ether oxygens (including phenoxy) is 2. The highest BCUT2D eigenvalue weighted by Gasteiger charge is 2.51. The van der Waals surface area contributed by atoms with E-state index in [0.717, 1.165) is 25.0 Å². The van der Waals surface area contributed by atoms with Crippen molar-refractivity contribution < 1.29 is 14.3 Å². The minimum atomic E-state index is -0.285. The van der Waals surface area contributed by atoms with Gasteiger partial charge < -0.3 is 14.4 Å². The van der Waals surface area contributed by atoms with Gasteiger partial charge in [-0.1, -0.05) is 6.07 Å². The largest absolute Gasteiger partial charge is 0.377 e. The topological polar surface area (TPSA) is 54.9 Å². The molecule has 0 radical (unpaired) electrons. The molecule has 2 saturated heterocycles. The standard InChI is InChI=1S/C17H25N3O3/c1-19(10-14-5-3-7-18-9-14)12-16(21)20-11-15(22-2)17(13-20)6-4-8-23-17/h3,5,7,9,15H,4,6,8,10-13H2,1-2H3/t15-,17-/m0/s1. The lowest BCUT2D eigenvalue weighted by atomic mass is 9.97. The van der Waals surface area contributed by atoms with E-state index in [1.54, 1.807) is 13.3 Å². The van der Waals surface area contributed by atoms with Crippen molar-refractivity contribution in [3.63, 3.8) is 0 Å².